The van der Waals surface area contributed by atoms with Gasteiger partial charge in [-0.25, -0.2) is 4.79 Å². The topological polar surface area (TPSA) is 64.6 Å². The first-order chi connectivity index (χ1) is 12.8. The van der Waals surface area contributed by atoms with Crippen LogP contribution in [0, 0.1) is 5.92 Å². The highest BCUT2D eigenvalue weighted by atomic mass is 79.9. The van der Waals surface area contributed by atoms with E-state index in [1.807, 2.05) is 26.0 Å². The molecule has 2 aromatic carbocycles. The van der Waals surface area contributed by atoms with Gasteiger partial charge in [0.15, 0.2) is 0 Å². The Hall–Kier alpha value is -2.05. The van der Waals surface area contributed by atoms with Crippen molar-refractivity contribution < 1.29 is 19.1 Å². The van der Waals surface area contributed by atoms with Gasteiger partial charge in [-0.15, -0.1) is 0 Å². The highest BCUT2D eigenvalue weighted by Gasteiger charge is 2.27. The fourth-order valence-corrected chi connectivity index (χ4v) is 3.09. The minimum absolute atomic E-state index is 0.0344. The molecule has 0 heterocycles. The molecule has 1 amide bonds. The molecule has 0 aliphatic carbocycles. The van der Waals surface area contributed by atoms with Crippen LogP contribution < -0.4 is 10.1 Å². The highest BCUT2D eigenvalue weighted by Crippen LogP contribution is 2.24. The summed E-state index contributed by atoms with van der Waals surface area (Å²) >= 11 is 9.44. The van der Waals surface area contributed by atoms with Gasteiger partial charge in [0.25, 0.3) is 5.91 Å². The Balaban J connectivity index is 2.08. The Morgan fingerprint density at radius 3 is 2.52 bits per heavy atom. The number of hydrogen-bond acceptors (Lipinski definition) is 4. The lowest BCUT2D eigenvalue weighted by Gasteiger charge is -2.21. The van der Waals surface area contributed by atoms with E-state index in [0.717, 1.165) is 10.0 Å². The molecule has 7 heteroatoms. The van der Waals surface area contributed by atoms with Crippen LogP contribution >= 0.6 is 27.5 Å². The van der Waals surface area contributed by atoms with E-state index in [1.54, 1.807) is 37.4 Å². The number of halogens is 2. The maximum absolute atomic E-state index is 12.6. The average molecular weight is 455 g/mol. The van der Waals surface area contributed by atoms with Gasteiger partial charge in [0.2, 0.25) is 0 Å². The van der Waals surface area contributed by atoms with Crippen molar-refractivity contribution in [2.24, 2.45) is 5.92 Å². The lowest BCUT2D eigenvalue weighted by atomic mass is 10.0. The zero-order valence-electron chi connectivity index (χ0n) is 15.3. The molecule has 144 valence electrons. The van der Waals surface area contributed by atoms with Crippen molar-refractivity contribution in [2.45, 2.75) is 26.5 Å². The van der Waals surface area contributed by atoms with E-state index in [9.17, 15) is 9.59 Å². The summed E-state index contributed by atoms with van der Waals surface area (Å²) in [7, 11) is 1.55. The van der Waals surface area contributed by atoms with Gasteiger partial charge in [-0.2, -0.15) is 0 Å². The number of hydrogen-bond donors (Lipinski definition) is 1. The fraction of sp³-hybridized carbons (Fsp3) is 0.300. The summed E-state index contributed by atoms with van der Waals surface area (Å²) in [6.07, 6.45) is 0. The molecule has 0 radical (unpaired) electrons. The molecule has 0 aromatic heterocycles. The van der Waals surface area contributed by atoms with Crippen LogP contribution in [0.15, 0.2) is 46.9 Å². The van der Waals surface area contributed by atoms with Crippen LogP contribution in [0.5, 0.6) is 5.75 Å². The summed E-state index contributed by atoms with van der Waals surface area (Å²) in [5, 5.41) is 3.04. The monoisotopic (exact) mass is 453 g/mol. The van der Waals surface area contributed by atoms with Crippen molar-refractivity contribution in [3.05, 3.63) is 63.1 Å². The fourth-order valence-electron chi connectivity index (χ4n) is 2.46. The minimum atomic E-state index is -0.799. The largest absolute Gasteiger partial charge is 0.496 e. The maximum atomic E-state index is 12.6. The molecule has 0 saturated carbocycles. The quantitative estimate of drug-likeness (QED) is 0.621. The van der Waals surface area contributed by atoms with Crippen LogP contribution in [0.25, 0.3) is 0 Å². The summed E-state index contributed by atoms with van der Waals surface area (Å²) in [6, 6.07) is 11.3. The van der Waals surface area contributed by atoms with Crippen LogP contribution in [-0.2, 0) is 16.1 Å². The number of amides is 1. The number of ether oxygens (including phenoxy) is 2. The summed E-state index contributed by atoms with van der Waals surface area (Å²) in [5.41, 5.74) is 1.03. The number of carbonyl (C=O) groups is 2. The first-order valence-corrected chi connectivity index (χ1v) is 9.55. The third-order valence-electron chi connectivity index (χ3n) is 3.94. The SMILES string of the molecule is COc1ccc(Br)cc1COC(=O)C(NC(=O)c1ccccc1Cl)C(C)C. The summed E-state index contributed by atoms with van der Waals surface area (Å²) < 4.78 is 11.6. The van der Waals surface area contributed by atoms with Crippen molar-refractivity contribution in [2.75, 3.05) is 7.11 Å². The first kappa shape index (κ1) is 21.3. The molecule has 0 spiro atoms. The van der Waals surface area contributed by atoms with E-state index in [0.29, 0.717) is 16.3 Å². The van der Waals surface area contributed by atoms with Gasteiger partial charge in [-0.3, -0.25) is 4.79 Å². The first-order valence-electron chi connectivity index (χ1n) is 8.38. The second-order valence-corrected chi connectivity index (χ2v) is 7.56. The van der Waals surface area contributed by atoms with Gasteiger partial charge < -0.3 is 14.8 Å². The number of nitrogens with one attached hydrogen (secondary N) is 1. The van der Waals surface area contributed by atoms with E-state index < -0.39 is 17.9 Å². The lowest BCUT2D eigenvalue weighted by Crippen LogP contribution is -2.45. The van der Waals surface area contributed by atoms with Gasteiger partial charge in [0, 0.05) is 10.0 Å². The molecule has 1 atom stereocenters. The second-order valence-electron chi connectivity index (χ2n) is 6.24. The third-order valence-corrected chi connectivity index (χ3v) is 4.76. The van der Waals surface area contributed by atoms with Gasteiger partial charge >= 0.3 is 5.97 Å². The summed E-state index contributed by atoms with van der Waals surface area (Å²) in [5.74, 6) is -0.482. The molecule has 0 aliphatic heterocycles. The van der Waals surface area contributed by atoms with Crippen LogP contribution in [0.4, 0.5) is 0 Å². The standard InChI is InChI=1S/C20H21BrClNO4/c1-12(2)18(23-19(24)15-6-4-5-7-16(15)22)20(25)27-11-13-10-14(21)8-9-17(13)26-3/h4-10,12,18H,11H2,1-3H3,(H,23,24). The highest BCUT2D eigenvalue weighted by molar-refractivity contribution is 9.10. The molecule has 5 nitrogen and oxygen atoms in total. The molecule has 0 aliphatic rings. The Bertz CT molecular complexity index is 825. The zero-order valence-corrected chi connectivity index (χ0v) is 17.6. The van der Waals surface area contributed by atoms with Crippen molar-refractivity contribution in [3.8, 4) is 5.75 Å². The molecular weight excluding hydrogens is 434 g/mol. The van der Waals surface area contributed by atoms with E-state index in [2.05, 4.69) is 21.2 Å². The van der Waals surface area contributed by atoms with Crippen molar-refractivity contribution in [1.29, 1.82) is 0 Å². The van der Waals surface area contributed by atoms with Crippen molar-refractivity contribution in [1.82, 2.24) is 5.32 Å². The van der Waals surface area contributed by atoms with Crippen LogP contribution in [0.1, 0.15) is 29.8 Å². The van der Waals surface area contributed by atoms with Gasteiger partial charge in [0.05, 0.1) is 17.7 Å². The second kappa shape index (κ2) is 9.76. The summed E-state index contributed by atoms with van der Waals surface area (Å²) in [4.78, 5) is 25.0. The maximum Gasteiger partial charge on any atom is 0.329 e. The average Bonchev–Trinajstić information content (AvgIpc) is 2.64. The molecule has 0 fully saturated rings. The molecule has 0 saturated heterocycles. The van der Waals surface area contributed by atoms with Gasteiger partial charge in [-0.1, -0.05) is 53.5 Å². The molecule has 27 heavy (non-hydrogen) atoms. The van der Waals surface area contributed by atoms with Crippen LogP contribution in [0.2, 0.25) is 5.02 Å². The van der Waals surface area contributed by atoms with E-state index in [1.165, 1.54) is 0 Å². The Kier molecular flexibility index (Phi) is 7.68. The van der Waals surface area contributed by atoms with E-state index in [-0.39, 0.29) is 12.5 Å². The molecule has 2 aromatic rings. The molecular formula is C20H21BrClNO4. The third kappa shape index (κ3) is 5.71. The van der Waals surface area contributed by atoms with Crippen LogP contribution in [0.3, 0.4) is 0 Å². The van der Waals surface area contributed by atoms with E-state index >= 15 is 0 Å². The van der Waals surface area contributed by atoms with Gasteiger partial charge in [0.1, 0.15) is 18.4 Å². The molecule has 0 bridgehead atoms. The zero-order chi connectivity index (χ0) is 20.0. The molecule has 2 rings (SSSR count). The minimum Gasteiger partial charge on any atom is -0.496 e. The number of carbonyl (C=O) groups excluding carboxylic acids is 2. The molecule has 1 unspecified atom stereocenters. The molecule has 1 N–H and O–H groups in total. The Morgan fingerprint density at radius 2 is 1.89 bits per heavy atom. The van der Waals surface area contributed by atoms with Crippen LogP contribution in [-0.4, -0.2) is 25.0 Å². The smallest absolute Gasteiger partial charge is 0.329 e. The normalized spacial score (nSPS) is 11.8. The Labute approximate surface area is 172 Å². The van der Waals surface area contributed by atoms with Crippen molar-refractivity contribution >= 4 is 39.4 Å². The van der Waals surface area contributed by atoms with E-state index in [4.69, 9.17) is 21.1 Å². The number of rotatable bonds is 7. The lowest BCUT2D eigenvalue weighted by molar-refractivity contribution is -0.148. The Morgan fingerprint density at radius 1 is 1.19 bits per heavy atom. The van der Waals surface area contributed by atoms with Gasteiger partial charge in [-0.05, 0) is 36.2 Å². The predicted octanol–water partition coefficient (Wildman–Crippen LogP) is 4.61. The number of esters is 1. The summed E-state index contributed by atoms with van der Waals surface area (Å²) in [6.45, 7) is 3.70. The predicted molar refractivity (Wildman–Crippen MR) is 108 cm³/mol. The number of methoxy groups -OCH3 is 1. The number of benzene rings is 2. The van der Waals surface area contributed by atoms with Crippen molar-refractivity contribution in [3.63, 3.8) is 0 Å².